The molecule has 0 saturated heterocycles. The van der Waals surface area contributed by atoms with Crippen LogP contribution in [0.3, 0.4) is 0 Å². The van der Waals surface area contributed by atoms with Gasteiger partial charge in [-0.05, 0) is 5.92 Å². The number of aromatic nitrogens is 3. The molecular formula is C13H15N3O. The van der Waals surface area contributed by atoms with E-state index in [2.05, 4.69) is 24.2 Å². The van der Waals surface area contributed by atoms with Crippen LogP contribution in [0, 0.1) is 5.92 Å². The molecule has 0 saturated carbocycles. The molecular weight excluding hydrogens is 214 g/mol. The first-order valence-electron chi connectivity index (χ1n) is 5.66. The van der Waals surface area contributed by atoms with E-state index < -0.39 is 0 Å². The van der Waals surface area contributed by atoms with Gasteiger partial charge in [-0.1, -0.05) is 49.4 Å². The average molecular weight is 229 g/mol. The van der Waals surface area contributed by atoms with Crippen LogP contribution in [-0.2, 0) is 6.54 Å². The summed E-state index contributed by atoms with van der Waals surface area (Å²) >= 11 is 0. The van der Waals surface area contributed by atoms with E-state index in [1.54, 1.807) is 4.68 Å². The van der Waals surface area contributed by atoms with Crippen LogP contribution in [0.25, 0.3) is 11.3 Å². The monoisotopic (exact) mass is 229 g/mol. The maximum atomic E-state index is 11.0. The first kappa shape index (κ1) is 11.5. The molecule has 4 nitrogen and oxygen atoms in total. The molecule has 1 aromatic carbocycles. The second-order valence-electron chi connectivity index (χ2n) is 4.38. The van der Waals surface area contributed by atoms with Crippen LogP contribution in [0.15, 0.2) is 30.3 Å². The normalized spacial score (nSPS) is 10.8. The average Bonchev–Trinajstić information content (AvgIpc) is 2.72. The molecule has 17 heavy (non-hydrogen) atoms. The van der Waals surface area contributed by atoms with Gasteiger partial charge < -0.3 is 0 Å². The number of aldehydes is 1. The standard InChI is InChI=1S/C13H15N3O/c1-10(2)8-16-13(12(9-17)14-15-16)11-6-4-3-5-7-11/h3-7,9-10H,8H2,1-2H3. The molecule has 0 bridgehead atoms. The third-order valence-corrected chi connectivity index (χ3v) is 2.46. The van der Waals surface area contributed by atoms with E-state index >= 15 is 0 Å². The summed E-state index contributed by atoms with van der Waals surface area (Å²) in [6.07, 6.45) is 0.756. The molecule has 0 radical (unpaired) electrons. The summed E-state index contributed by atoms with van der Waals surface area (Å²) in [4.78, 5) is 11.0. The van der Waals surface area contributed by atoms with Crippen molar-refractivity contribution in [1.82, 2.24) is 15.0 Å². The zero-order chi connectivity index (χ0) is 12.3. The lowest BCUT2D eigenvalue weighted by Crippen LogP contribution is -2.08. The second kappa shape index (κ2) is 4.91. The van der Waals surface area contributed by atoms with Gasteiger partial charge in [-0.15, -0.1) is 5.10 Å². The molecule has 0 aliphatic rings. The highest BCUT2D eigenvalue weighted by molar-refractivity contribution is 5.83. The van der Waals surface area contributed by atoms with E-state index in [-0.39, 0.29) is 0 Å². The maximum Gasteiger partial charge on any atom is 0.172 e. The van der Waals surface area contributed by atoms with E-state index in [9.17, 15) is 4.79 Å². The molecule has 1 aromatic heterocycles. The molecule has 2 rings (SSSR count). The number of carbonyl (C=O) groups excluding carboxylic acids is 1. The highest BCUT2D eigenvalue weighted by Crippen LogP contribution is 2.21. The molecule has 1 heterocycles. The molecule has 2 aromatic rings. The number of benzene rings is 1. The Hall–Kier alpha value is -1.97. The molecule has 0 fully saturated rings. The number of rotatable bonds is 4. The fourth-order valence-corrected chi connectivity index (χ4v) is 1.77. The number of carbonyl (C=O) groups is 1. The topological polar surface area (TPSA) is 47.8 Å². The fourth-order valence-electron chi connectivity index (χ4n) is 1.77. The van der Waals surface area contributed by atoms with Crippen LogP contribution < -0.4 is 0 Å². The summed E-state index contributed by atoms with van der Waals surface area (Å²) in [5, 5.41) is 7.95. The van der Waals surface area contributed by atoms with Gasteiger partial charge in [-0.25, -0.2) is 4.68 Å². The Bertz CT molecular complexity index is 503. The lowest BCUT2D eigenvalue weighted by atomic mass is 10.1. The van der Waals surface area contributed by atoms with Crippen LogP contribution in [0.1, 0.15) is 24.3 Å². The smallest absolute Gasteiger partial charge is 0.172 e. The van der Waals surface area contributed by atoms with E-state index in [1.807, 2.05) is 30.3 Å². The molecule has 88 valence electrons. The highest BCUT2D eigenvalue weighted by atomic mass is 16.1. The van der Waals surface area contributed by atoms with Crippen LogP contribution in [0.2, 0.25) is 0 Å². The van der Waals surface area contributed by atoms with Crippen molar-refractivity contribution in [2.24, 2.45) is 5.92 Å². The van der Waals surface area contributed by atoms with Crippen molar-refractivity contribution in [3.05, 3.63) is 36.0 Å². The molecule has 0 amide bonds. The minimum Gasteiger partial charge on any atom is -0.296 e. The van der Waals surface area contributed by atoms with Crippen molar-refractivity contribution in [2.45, 2.75) is 20.4 Å². The molecule has 4 heteroatoms. The third kappa shape index (κ3) is 2.41. The van der Waals surface area contributed by atoms with Gasteiger partial charge in [0, 0.05) is 12.1 Å². The summed E-state index contributed by atoms with van der Waals surface area (Å²) in [5.74, 6) is 0.457. The van der Waals surface area contributed by atoms with Gasteiger partial charge in [-0.3, -0.25) is 4.79 Å². The van der Waals surface area contributed by atoms with E-state index in [4.69, 9.17) is 0 Å². The summed E-state index contributed by atoms with van der Waals surface area (Å²) in [7, 11) is 0. The summed E-state index contributed by atoms with van der Waals surface area (Å²) in [6, 6.07) is 9.75. The van der Waals surface area contributed by atoms with Crippen molar-refractivity contribution in [2.75, 3.05) is 0 Å². The van der Waals surface area contributed by atoms with Gasteiger partial charge in [0.05, 0.1) is 5.69 Å². The lowest BCUT2D eigenvalue weighted by Gasteiger charge is -2.08. The van der Waals surface area contributed by atoms with E-state index in [0.29, 0.717) is 11.6 Å². The Morgan fingerprint density at radius 3 is 2.59 bits per heavy atom. The van der Waals surface area contributed by atoms with Gasteiger partial charge in [0.2, 0.25) is 0 Å². The Balaban J connectivity index is 2.49. The fraction of sp³-hybridized carbons (Fsp3) is 0.308. The maximum absolute atomic E-state index is 11.0. The molecule has 0 atom stereocenters. The molecule has 0 aliphatic heterocycles. The predicted octanol–water partition coefficient (Wildman–Crippen LogP) is 2.41. The number of nitrogens with zero attached hydrogens (tertiary/aromatic N) is 3. The van der Waals surface area contributed by atoms with Crippen molar-refractivity contribution in [3.8, 4) is 11.3 Å². The number of hydrogen-bond donors (Lipinski definition) is 0. The number of hydrogen-bond acceptors (Lipinski definition) is 3. The van der Waals surface area contributed by atoms with Gasteiger partial charge in [-0.2, -0.15) is 0 Å². The highest BCUT2D eigenvalue weighted by Gasteiger charge is 2.14. The SMILES string of the molecule is CC(C)Cn1nnc(C=O)c1-c1ccccc1. The van der Waals surface area contributed by atoms with Gasteiger partial charge in [0.25, 0.3) is 0 Å². The van der Waals surface area contributed by atoms with Crippen LogP contribution >= 0.6 is 0 Å². The third-order valence-electron chi connectivity index (χ3n) is 2.46. The Kier molecular flexibility index (Phi) is 3.32. The van der Waals surface area contributed by atoms with Crippen LogP contribution in [0.4, 0.5) is 0 Å². The largest absolute Gasteiger partial charge is 0.296 e. The second-order valence-corrected chi connectivity index (χ2v) is 4.38. The minimum atomic E-state index is 0.400. The van der Waals surface area contributed by atoms with E-state index in [0.717, 1.165) is 24.1 Å². The summed E-state index contributed by atoms with van der Waals surface area (Å²) in [6.45, 7) is 4.97. The van der Waals surface area contributed by atoms with Crippen molar-refractivity contribution < 1.29 is 4.79 Å². The van der Waals surface area contributed by atoms with Crippen molar-refractivity contribution in [3.63, 3.8) is 0 Å². The van der Waals surface area contributed by atoms with Crippen LogP contribution in [0.5, 0.6) is 0 Å². The zero-order valence-electron chi connectivity index (χ0n) is 10.00. The molecule has 0 aliphatic carbocycles. The molecule has 0 unspecified atom stereocenters. The first-order valence-corrected chi connectivity index (χ1v) is 5.66. The summed E-state index contributed by atoms with van der Waals surface area (Å²) < 4.78 is 1.80. The van der Waals surface area contributed by atoms with Crippen molar-refractivity contribution in [1.29, 1.82) is 0 Å². The van der Waals surface area contributed by atoms with Gasteiger partial charge in [0.1, 0.15) is 0 Å². The van der Waals surface area contributed by atoms with E-state index in [1.165, 1.54) is 0 Å². The minimum absolute atomic E-state index is 0.400. The first-order chi connectivity index (χ1) is 8.22. The molecule has 0 spiro atoms. The summed E-state index contributed by atoms with van der Waals surface area (Å²) in [5.41, 5.74) is 2.17. The Labute approximate surface area is 100 Å². The lowest BCUT2D eigenvalue weighted by molar-refractivity contribution is 0.111. The Morgan fingerprint density at radius 1 is 1.29 bits per heavy atom. The zero-order valence-corrected chi connectivity index (χ0v) is 10.00. The van der Waals surface area contributed by atoms with Gasteiger partial charge >= 0.3 is 0 Å². The Morgan fingerprint density at radius 2 is 2.00 bits per heavy atom. The quantitative estimate of drug-likeness (QED) is 0.756. The van der Waals surface area contributed by atoms with Gasteiger partial charge in [0.15, 0.2) is 12.0 Å². The molecule has 0 N–H and O–H groups in total. The predicted molar refractivity (Wildman–Crippen MR) is 65.7 cm³/mol. The van der Waals surface area contributed by atoms with Crippen molar-refractivity contribution >= 4 is 6.29 Å². The van der Waals surface area contributed by atoms with Crippen LogP contribution in [-0.4, -0.2) is 21.3 Å².